The molecule has 3 aromatic heterocycles. The first-order valence-electron chi connectivity index (χ1n) is 11.1. The van der Waals surface area contributed by atoms with Gasteiger partial charge in [-0.05, 0) is 47.8 Å². The second-order valence-electron chi connectivity index (χ2n) is 8.34. The molecular weight excluding hydrogens is 430 g/mol. The Hall–Kier alpha value is -4.40. The molecule has 170 valence electrons. The lowest BCUT2D eigenvalue weighted by atomic mass is 10.0. The molecule has 1 aliphatic heterocycles. The van der Waals surface area contributed by atoms with Gasteiger partial charge in [0.25, 0.3) is 0 Å². The summed E-state index contributed by atoms with van der Waals surface area (Å²) in [6.45, 7) is 3.87. The summed E-state index contributed by atoms with van der Waals surface area (Å²) in [6.07, 6.45) is 1.94. The Morgan fingerprint density at radius 2 is 2.00 bits per heavy atom. The number of nitrogens with zero attached hydrogens (tertiary/aromatic N) is 4. The molecule has 34 heavy (non-hydrogen) atoms. The number of pyridine rings is 1. The third-order valence-corrected chi connectivity index (χ3v) is 6.08. The topological polar surface area (TPSA) is 116 Å². The largest absolute Gasteiger partial charge is 0.497 e. The number of methoxy groups -OCH3 is 1. The zero-order valence-electron chi connectivity index (χ0n) is 18.9. The van der Waals surface area contributed by atoms with E-state index in [1.807, 2.05) is 43.5 Å². The van der Waals surface area contributed by atoms with Crippen LogP contribution in [0.2, 0.25) is 0 Å². The highest BCUT2D eigenvalue weighted by Gasteiger charge is 2.21. The van der Waals surface area contributed by atoms with Crippen molar-refractivity contribution in [3.63, 3.8) is 0 Å². The maximum absolute atomic E-state index is 6.10. The van der Waals surface area contributed by atoms with Crippen LogP contribution in [0.3, 0.4) is 0 Å². The number of aromatic nitrogens is 5. The number of anilines is 2. The monoisotopic (exact) mass is 454 g/mol. The van der Waals surface area contributed by atoms with E-state index in [0.29, 0.717) is 19.1 Å². The number of benzene rings is 2. The fraction of sp³-hybridized carbons (Fsp3) is 0.200. The molecule has 0 fully saturated rings. The number of fused-ring (bicyclic) bond motifs is 3. The summed E-state index contributed by atoms with van der Waals surface area (Å²) >= 11 is 0. The van der Waals surface area contributed by atoms with Crippen LogP contribution in [0.25, 0.3) is 33.2 Å². The molecule has 2 aromatic carbocycles. The molecule has 0 radical (unpaired) electrons. The molecule has 0 aliphatic carbocycles. The highest BCUT2D eigenvalue weighted by Crippen LogP contribution is 2.33. The van der Waals surface area contributed by atoms with Gasteiger partial charge in [-0.15, -0.1) is 0 Å². The van der Waals surface area contributed by atoms with Crippen molar-refractivity contribution in [2.24, 2.45) is 0 Å². The number of aromatic amines is 2. The summed E-state index contributed by atoms with van der Waals surface area (Å²) in [5.41, 5.74) is 11.5. The maximum Gasteiger partial charge on any atom is 0.349 e. The number of ether oxygens (including phenoxy) is 2. The Bertz CT molecular complexity index is 1550. The Morgan fingerprint density at radius 1 is 1.09 bits per heavy atom. The number of rotatable bonds is 3. The maximum atomic E-state index is 6.10. The summed E-state index contributed by atoms with van der Waals surface area (Å²) in [5, 5.41) is 0.989. The van der Waals surface area contributed by atoms with Crippen molar-refractivity contribution in [2.45, 2.75) is 13.5 Å². The van der Waals surface area contributed by atoms with Crippen molar-refractivity contribution in [3.05, 3.63) is 60.0 Å². The van der Waals surface area contributed by atoms with Gasteiger partial charge in [0.1, 0.15) is 35.3 Å². The number of aryl methyl sites for hydroxylation is 1. The second kappa shape index (κ2) is 7.87. The molecule has 0 amide bonds. The van der Waals surface area contributed by atoms with Gasteiger partial charge in [0.15, 0.2) is 0 Å². The van der Waals surface area contributed by atoms with Crippen LogP contribution in [0.15, 0.2) is 48.7 Å². The fourth-order valence-corrected chi connectivity index (χ4v) is 4.46. The van der Waals surface area contributed by atoms with Gasteiger partial charge in [-0.2, -0.15) is 0 Å². The van der Waals surface area contributed by atoms with Crippen LogP contribution in [0.5, 0.6) is 11.5 Å². The van der Waals surface area contributed by atoms with E-state index in [0.717, 1.165) is 68.4 Å². The van der Waals surface area contributed by atoms with Gasteiger partial charge in [-0.1, -0.05) is 6.07 Å². The van der Waals surface area contributed by atoms with Crippen LogP contribution >= 0.6 is 0 Å². The number of imidazole rings is 1. The number of hydrogen-bond donors (Lipinski definition) is 2. The lowest BCUT2D eigenvalue weighted by Gasteiger charge is -2.23. The minimum atomic E-state index is 0.388. The van der Waals surface area contributed by atoms with Crippen molar-refractivity contribution < 1.29 is 14.5 Å². The Labute approximate surface area is 195 Å². The molecule has 0 saturated heterocycles. The molecule has 0 spiro atoms. The molecule has 0 saturated carbocycles. The minimum absolute atomic E-state index is 0.388. The normalized spacial score (nSPS) is 13.5. The third-order valence-electron chi connectivity index (χ3n) is 6.08. The predicted octanol–water partition coefficient (Wildman–Crippen LogP) is 3.29. The van der Waals surface area contributed by atoms with Crippen LogP contribution in [-0.4, -0.2) is 40.2 Å². The summed E-state index contributed by atoms with van der Waals surface area (Å²) in [5.74, 6) is 3.67. The summed E-state index contributed by atoms with van der Waals surface area (Å²) < 4.78 is 11.5. The molecule has 9 nitrogen and oxygen atoms in total. The fourth-order valence-electron chi connectivity index (χ4n) is 4.46. The lowest BCUT2D eigenvalue weighted by molar-refractivity contribution is -0.346. The zero-order valence-corrected chi connectivity index (χ0v) is 18.9. The molecule has 0 unspecified atom stereocenters. The Balaban J connectivity index is 1.40. The van der Waals surface area contributed by atoms with Crippen molar-refractivity contribution in [2.75, 3.05) is 30.9 Å². The van der Waals surface area contributed by atoms with Gasteiger partial charge in [0.05, 0.1) is 25.4 Å². The highest BCUT2D eigenvalue weighted by atomic mass is 16.5. The molecule has 9 heteroatoms. The number of hydrogen-bond acceptors (Lipinski definition) is 7. The summed E-state index contributed by atoms with van der Waals surface area (Å²) in [6, 6.07) is 14.2. The van der Waals surface area contributed by atoms with Gasteiger partial charge in [0, 0.05) is 29.1 Å². The molecule has 1 aliphatic rings. The molecular formula is C25H24N7O2+. The van der Waals surface area contributed by atoms with Crippen LogP contribution in [0, 0.1) is 6.92 Å². The van der Waals surface area contributed by atoms with Gasteiger partial charge < -0.3 is 20.1 Å². The molecule has 0 bridgehead atoms. The first kappa shape index (κ1) is 20.2. The van der Waals surface area contributed by atoms with Crippen LogP contribution in [0.4, 0.5) is 11.8 Å². The van der Waals surface area contributed by atoms with Gasteiger partial charge >= 0.3 is 11.6 Å². The minimum Gasteiger partial charge on any atom is -0.497 e. The van der Waals surface area contributed by atoms with Gasteiger partial charge in [-0.25, -0.2) is 15.0 Å². The standard InChI is InChI=1S/C25H23N7O2/c1-14-28-20-11-18(33-2)4-5-19(20)24(29-14)32-7-8-34-22-6-3-15(9-17(22)13-32)16-10-21-23(27-12-16)31-25(26)30-21/h3-6,9-12H,7-8,13H2,1-2H3,(H3,26,27,30,31)/p+1. The Morgan fingerprint density at radius 3 is 2.88 bits per heavy atom. The van der Waals surface area contributed by atoms with E-state index in [-0.39, 0.29) is 0 Å². The summed E-state index contributed by atoms with van der Waals surface area (Å²) in [7, 11) is 1.66. The van der Waals surface area contributed by atoms with E-state index in [9.17, 15) is 0 Å². The number of nitrogens with two attached hydrogens (primary N) is 1. The van der Waals surface area contributed by atoms with Gasteiger partial charge in [0.2, 0.25) is 0 Å². The number of nitrogens with one attached hydrogen (secondary N) is 2. The highest BCUT2D eigenvalue weighted by molar-refractivity contribution is 5.90. The Kier molecular flexibility index (Phi) is 4.68. The van der Waals surface area contributed by atoms with E-state index in [1.165, 1.54) is 0 Å². The SMILES string of the molecule is COc1ccc2c(N3CCOc4ccc(-c5c[nH+]c6nc(N)[nH]c6c5)cc4C3)nc(C)nc2c1. The van der Waals surface area contributed by atoms with Crippen molar-refractivity contribution in [3.8, 4) is 22.6 Å². The number of nitrogen functional groups attached to an aromatic ring is 1. The molecule has 0 atom stereocenters. The quantitative estimate of drug-likeness (QED) is 0.430. The van der Waals surface area contributed by atoms with Crippen LogP contribution < -0.4 is 25.1 Å². The third kappa shape index (κ3) is 3.51. The average molecular weight is 455 g/mol. The molecule has 4 N–H and O–H groups in total. The predicted molar refractivity (Wildman–Crippen MR) is 130 cm³/mol. The van der Waals surface area contributed by atoms with Crippen molar-refractivity contribution in [1.82, 2.24) is 19.9 Å². The van der Waals surface area contributed by atoms with Gasteiger partial charge in [-0.3, -0.25) is 4.98 Å². The molecule has 6 rings (SSSR count). The van der Waals surface area contributed by atoms with E-state index in [4.69, 9.17) is 20.2 Å². The lowest BCUT2D eigenvalue weighted by Crippen LogP contribution is -2.26. The first-order chi connectivity index (χ1) is 16.6. The van der Waals surface area contributed by atoms with Crippen LogP contribution in [-0.2, 0) is 6.54 Å². The zero-order chi connectivity index (χ0) is 23.2. The smallest absolute Gasteiger partial charge is 0.349 e. The average Bonchev–Trinajstić information content (AvgIpc) is 3.08. The van der Waals surface area contributed by atoms with E-state index < -0.39 is 0 Å². The first-order valence-corrected chi connectivity index (χ1v) is 11.1. The summed E-state index contributed by atoms with van der Waals surface area (Å²) in [4.78, 5) is 22.2. The second-order valence-corrected chi connectivity index (χ2v) is 8.34. The van der Waals surface area contributed by atoms with Crippen molar-refractivity contribution in [1.29, 1.82) is 0 Å². The van der Waals surface area contributed by atoms with E-state index >= 15 is 0 Å². The molecule has 4 heterocycles. The molecule has 5 aromatic rings. The van der Waals surface area contributed by atoms with Crippen molar-refractivity contribution >= 4 is 33.8 Å². The van der Waals surface area contributed by atoms with Crippen LogP contribution in [0.1, 0.15) is 11.4 Å². The number of H-pyrrole nitrogens is 2. The van der Waals surface area contributed by atoms with E-state index in [1.54, 1.807) is 7.11 Å². The van der Waals surface area contributed by atoms with E-state index in [2.05, 4.69) is 37.0 Å².